The van der Waals surface area contributed by atoms with Gasteiger partial charge in [0.15, 0.2) is 23.2 Å². The molecule has 0 saturated carbocycles. The van der Waals surface area contributed by atoms with Crippen LogP contribution >= 0.6 is 23.2 Å². The van der Waals surface area contributed by atoms with Crippen molar-refractivity contribution >= 4 is 49.9 Å². The molecule has 14 heteroatoms. The lowest BCUT2D eigenvalue weighted by molar-refractivity contribution is 0.217. The van der Waals surface area contributed by atoms with Crippen molar-refractivity contribution < 1.29 is 21.9 Å². The van der Waals surface area contributed by atoms with Gasteiger partial charge in [0.1, 0.15) is 11.8 Å². The zero-order valence-electron chi connectivity index (χ0n) is 20.3. The van der Waals surface area contributed by atoms with Crippen molar-refractivity contribution in [3.05, 3.63) is 64.0 Å². The van der Waals surface area contributed by atoms with Crippen LogP contribution in [0.3, 0.4) is 0 Å². The van der Waals surface area contributed by atoms with E-state index in [-0.39, 0.29) is 34.7 Å². The van der Waals surface area contributed by atoms with E-state index in [1.54, 1.807) is 11.8 Å². The van der Waals surface area contributed by atoms with Crippen LogP contribution in [0, 0.1) is 11.6 Å². The highest BCUT2D eigenvalue weighted by Crippen LogP contribution is 2.36. The molecule has 38 heavy (non-hydrogen) atoms. The molecule has 4 aromatic rings. The summed E-state index contributed by atoms with van der Waals surface area (Å²) in [4.78, 5) is 9.90. The molecule has 0 bridgehead atoms. The SMILES string of the molecule is C[C@@H](Oc1cc2c(-c3cnc(N4CCN(S(C)(=O)=O)CC4)c(F)c3)n[nH]c2cc1F)c1c(Cl)cncc1Cl. The first kappa shape index (κ1) is 26.5. The second kappa shape index (κ2) is 10.3. The normalized spacial score (nSPS) is 15.7. The van der Waals surface area contributed by atoms with E-state index < -0.39 is 27.8 Å². The summed E-state index contributed by atoms with van der Waals surface area (Å²) in [5.74, 6) is -1.16. The Morgan fingerprint density at radius 1 is 1.03 bits per heavy atom. The number of aromatic nitrogens is 4. The van der Waals surface area contributed by atoms with Gasteiger partial charge in [-0.2, -0.15) is 9.40 Å². The van der Waals surface area contributed by atoms with Gasteiger partial charge in [-0.15, -0.1) is 0 Å². The number of aromatic amines is 1. The average molecular weight is 583 g/mol. The van der Waals surface area contributed by atoms with Crippen LogP contribution in [0.5, 0.6) is 5.75 Å². The number of ether oxygens (including phenoxy) is 1. The minimum Gasteiger partial charge on any atom is -0.483 e. The van der Waals surface area contributed by atoms with E-state index in [4.69, 9.17) is 27.9 Å². The molecule has 0 radical (unpaired) electrons. The van der Waals surface area contributed by atoms with Gasteiger partial charge in [0.05, 0.1) is 21.8 Å². The zero-order chi connectivity index (χ0) is 27.2. The smallest absolute Gasteiger partial charge is 0.211 e. The minimum absolute atomic E-state index is 0.0644. The summed E-state index contributed by atoms with van der Waals surface area (Å²) in [5.41, 5.74) is 1.59. The number of benzene rings is 1. The number of nitrogens with one attached hydrogen (secondary N) is 1. The van der Waals surface area contributed by atoms with E-state index >= 15 is 4.39 Å². The Bertz CT molecular complexity index is 1610. The number of piperazine rings is 1. The number of rotatable bonds is 6. The van der Waals surface area contributed by atoms with Gasteiger partial charge < -0.3 is 9.64 Å². The monoisotopic (exact) mass is 582 g/mol. The first-order valence-electron chi connectivity index (χ1n) is 11.5. The third-order valence-electron chi connectivity index (χ3n) is 6.32. The Hall–Kier alpha value is -3.06. The average Bonchev–Trinajstić information content (AvgIpc) is 3.26. The molecule has 1 fully saturated rings. The quantitative estimate of drug-likeness (QED) is 0.347. The third kappa shape index (κ3) is 5.13. The van der Waals surface area contributed by atoms with Crippen molar-refractivity contribution in [3.63, 3.8) is 0 Å². The van der Waals surface area contributed by atoms with E-state index in [0.29, 0.717) is 40.8 Å². The molecule has 1 atom stereocenters. The Morgan fingerprint density at radius 3 is 2.34 bits per heavy atom. The largest absolute Gasteiger partial charge is 0.483 e. The fraction of sp³-hybridized carbons (Fsp3) is 0.292. The predicted molar refractivity (Wildman–Crippen MR) is 141 cm³/mol. The summed E-state index contributed by atoms with van der Waals surface area (Å²) >= 11 is 12.4. The van der Waals surface area contributed by atoms with E-state index in [9.17, 15) is 12.8 Å². The first-order valence-corrected chi connectivity index (χ1v) is 14.1. The molecule has 200 valence electrons. The van der Waals surface area contributed by atoms with Crippen molar-refractivity contribution in [1.82, 2.24) is 24.5 Å². The molecule has 3 aromatic heterocycles. The number of anilines is 1. The highest BCUT2D eigenvalue weighted by Gasteiger charge is 2.26. The fourth-order valence-corrected chi connectivity index (χ4v) is 5.91. The zero-order valence-corrected chi connectivity index (χ0v) is 22.6. The maximum Gasteiger partial charge on any atom is 0.211 e. The minimum atomic E-state index is -3.31. The fourth-order valence-electron chi connectivity index (χ4n) is 4.41. The summed E-state index contributed by atoms with van der Waals surface area (Å²) in [6, 6.07) is 4.01. The van der Waals surface area contributed by atoms with Gasteiger partial charge in [-0.05, 0) is 19.1 Å². The molecule has 0 unspecified atom stereocenters. The second-order valence-electron chi connectivity index (χ2n) is 8.86. The molecule has 1 saturated heterocycles. The third-order valence-corrected chi connectivity index (χ3v) is 8.22. The molecule has 1 aliphatic rings. The van der Waals surface area contributed by atoms with Gasteiger partial charge in [0.25, 0.3) is 0 Å². The molecule has 1 N–H and O–H groups in total. The van der Waals surface area contributed by atoms with Gasteiger partial charge >= 0.3 is 0 Å². The number of fused-ring (bicyclic) bond motifs is 1. The summed E-state index contributed by atoms with van der Waals surface area (Å²) in [7, 11) is -3.31. The molecule has 1 aliphatic heterocycles. The van der Waals surface area contributed by atoms with Gasteiger partial charge in [-0.3, -0.25) is 10.1 Å². The lowest BCUT2D eigenvalue weighted by atomic mass is 10.1. The van der Waals surface area contributed by atoms with Crippen LogP contribution in [-0.4, -0.2) is 65.3 Å². The highest BCUT2D eigenvalue weighted by molar-refractivity contribution is 7.88. The molecule has 9 nitrogen and oxygen atoms in total. The van der Waals surface area contributed by atoms with Crippen molar-refractivity contribution in [1.29, 1.82) is 0 Å². The van der Waals surface area contributed by atoms with Crippen LogP contribution in [0.2, 0.25) is 10.0 Å². The number of H-pyrrole nitrogens is 1. The topological polar surface area (TPSA) is 104 Å². The molecule has 5 rings (SSSR count). The standard InChI is InChI=1S/C24H22Cl2F2N6O3S/c1-13(22-16(25)11-29-12-17(22)26)37-21-8-15-20(9-18(21)27)31-32-23(15)14-7-19(28)24(30-10-14)33-3-5-34(6-4-33)38(2,35)36/h7-13H,3-6H2,1-2H3,(H,31,32)/t13-/m1/s1. The molecular formula is C24H22Cl2F2N6O3S. The number of nitrogens with zero attached hydrogens (tertiary/aromatic N) is 5. The van der Waals surface area contributed by atoms with E-state index in [1.165, 1.54) is 41.1 Å². The number of hydrogen-bond donors (Lipinski definition) is 1. The maximum atomic E-state index is 15.1. The van der Waals surface area contributed by atoms with Gasteiger partial charge in [0, 0.05) is 67.3 Å². The van der Waals surface area contributed by atoms with Gasteiger partial charge in [-0.25, -0.2) is 22.2 Å². The summed E-state index contributed by atoms with van der Waals surface area (Å²) < 4.78 is 60.7. The van der Waals surface area contributed by atoms with E-state index in [1.807, 2.05) is 0 Å². The number of halogens is 4. The molecule has 1 aromatic carbocycles. The lowest BCUT2D eigenvalue weighted by Crippen LogP contribution is -2.48. The van der Waals surface area contributed by atoms with Crippen LogP contribution in [-0.2, 0) is 10.0 Å². The summed E-state index contributed by atoms with van der Waals surface area (Å²) in [6.07, 6.45) is 4.78. The summed E-state index contributed by atoms with van der Waals surface area (Å²) in [6.45, 7) is 2.79. The Labute approximate surface area is 227 Å². The van der Waals surface area contributed by atoms with Crippen LogP contribution in [0.4, 0.5) is 14.6 Å². The van der Waals surface area contributed by atoms with E-state index in [2.05, 4.69) is 20.2 Å². The van der Waals surface area contributed by atoms with E-state index in [0.717, 1.165) is 6.26 Å². The van der Waals surface area contributed by atoms with Gasteiger partial charge in [0.2, 0.25) is 10.0 Å². The molecular weight excluding hydrogens is 561 g/mol. The molecule has 0 aliphatic carbocycles. The molecule has 0 spiro atoms. The predicted octanol–water partition coefficient (Wildman–Crippen LogP) is 4.83. The molecule has 4 heterocycles. The number of hydrogen-bond acceptors (Lipinski definition) is 7. The van der Waals surface area contributed by atoms with Crippen LogP contribution in [0.15, 0.2) is 36.8 Å². The van der Waals surface area contributed by atoms with Gasteiger partial charge in [-0.1, -0.05) is 23.2 Å². The number of sulfonamides is 1. The van der Waals surface area contributed by atoms with Crippen LogP contribution < -0.4 is 9.64 Å². The van der Waals surface area contributed by atoms with Crippen molar-refractivity contribution in [2.75, 3.05) is 37.3 Å². The van der Waals surface area contributed by atoms with Crippen LogP contribution in [0.1, 0.15) is 18.6 Å². The first-order chi connectivity index (χ1) is 18.0. The Balaban J connectivity index is 1.42. The maximum absolute atomic E-state index is 15.1. The Morgan fingerprint density at radius 2 is 1.71 bits per heavy atom. The molecule has 0 amide bonds. The lowest BCUT2D eigenvalue weighted by Gasteiger charge is -2.34. The Kier molecular flexibility index (Phi) is 7.16. The van der Waals surface area contributed by atoms with Crippen molar-refractivity contribution in [2.24, 2.45) is 0 Å². The van der Waals surface area contributed by atoms with Crippen molar-refractivity contribution in [2.45, 2.75) is 13.0 Å². The van der Waals surface area contributed by atoms with Crippen molar-refractivity contribution in [3.8, 4) is 17.0 Å². The summed E-state index contributed by atoms with van der Waals surface area (Å²) in [5, 5.41) is 8.07. The number of pyridine rings is 2. The highest BCUT2D eigenvalue weighted by atomic mass is 35.5. The second-order valence-corrected chi connectivity index (χ2v) is 11.7. The van der Waals surface area contributed by atoms with Crippen LogP contribution in [0.25, 0.3) is 22.2 Å².